The van der Waals surface area contributed by atoms with Gasteiger partial charge in [0.1, 0.15) is 5.69 Å². The van der Waals surface area contributed by atoms with Crippen LogP contribution in [-0.4, -0.2) is 26.2 Å². The molecule has 1 aliphatic rings. The van der Waals surface area contributed by atoms with Gasteiger partial charge in [-0.1, -0.05) is 24.4 Å². The number of nitrogens with two attached hydrogens (primary N) is 1. The number of nitrogens with zero attached hydrogens (tertiary/aromatic N) is 4. The lowest BCUT2D eigenvalue weighted by atomic mass is 9.72. The van der Waals surface area contributed by atoms with Crippen LogP contribution in [-0.2, 0) is 13.5 Å². The van der Waals surface area contributed by atoms with E-state index >= 15 is 0 Å². The summed E-state index contributed by atoms with van der Waals surface area (Å²) in [6, 6.07) is 0. The topological polar surface area (TPSA) is 82.8 Å². The Labute approximate surface area is 118 Å². The predicted molar refractivity (Wildman–Crippen MR) is 74.8 cm³/mol. The zero-order valence-corrected chi connectivity index (χ0v) is 11.9. The van der Waals surface area contributed by atoms with Crippen molar-refractivity contribution in [1.82, 2.24) is 19.7 Å². The molecule has 2 aromatic heterocycles. The maximum atomic E-state index is 6.01. The molecule has 2 aromatic rings. The number of imidazole rings is 1. The molecule has 1 saturated carbocycles. The molecule has 2 heterocycles. The van der Waals surface area contributed by atoms with Crippen molar-refractivity contribution in [2.75, 3.05) is 6.54 Å². The lowest BCUT2D eigenvalue weighted by Gasteiger charge is -2.34. The zero-order valence-electron chi connectivity index (χ0n) is 11.9. The first kappa shape index (κ1) is 13.3. The van der Waals surface area contributed by atoms with Gasteiger partial charge in [-0.25, -0.2) is 4.98 Å². The fourth-order valence-electron chi connectivity index (χ4n) is 3.08. The van der Waals surface area contributed by atoms with Crippen LogP contribution in [0.4, 0.5) is 0 Å². The van der Waals surface area contributed by atoms with E-state index in [2.05, 4.69) is 15.1 Å². The van der Waals surface area contributed by atoms with Gasteiger partial charge in [0.2, 0.25) is 11.7 Å². The number of hydrogen-bond acceptors (Lipinski definition) is 5. The van der Waals surface area contributed by atoms with Crippen LogP contribution in [0.2, 0.25) is 0 Å². The molecule has 0 atom stereocenters. The summed E-state index contributed by atoms with van der Waals surface area (Å²) in [4.78, 5) is 8.58. The average Bonchev–Trinajstić information content (AvgIpc) is 3.08. The summed E-state index contributed by atoms with van der Waals surface area (Å²) in [5, 5.41) is 4.06. The quantitative estimate of drug-likeness (QED) is 0.921. The molecule has 2 N–H and O–H groups in total. The van der Waals surface area contributed by atoms with Gasteiger partial charge in [0, 0.05) is 13.5 Å². The lowest BCUT2D eigenvalue weighted by molar-refractivity contribution is 0.177. The second-order valence-electron chi connectivity index (χ2n) is 5.84. The molecule has 108 valence electrons. The van der Waals surface area contributed by atoms with Crippen molar-refractivity contribution in [3.8, 4) is 11.5 Å². The van der Waals surface area contributed by atoms with Gasteiger partial charge in [-0.15, -0.1) is 0 Å². The van der Waals surface area contributed by atoms with Crippen molar-refractivity contribution in [1.29, 1.82) is 0 Å². The van der Waals surface area contributed by atoms with E-state index < -0.39 is 0 Å². The number of aryl methyl sites for hydroxylation is 1. The Bertz CT molecular complexity index is 568. The van der Waals surface area contributed by atoms with E-state index in [1.54, 1.807) is 12.5 Å². The van der Waals surface area contributed by atoms with Crippen molar-refractivity contribution >= 4 is 0 Å². The molecule has 0 spiro atoms. The van der Waals surface area contributed by atoms with Gasteiger partial charge >= 0.3 is 0 Å². The Morgan fingerprint density at radius 2 is 2.15 bits per heavy atom. The molecule has 0 saturated heterocycles. The minimum absolute atomic E-state index is 0.147. The molecule has 0 amide bonds. The highest BCUT2D eigenvalue weighted by molar-refractivity contribution is 5.47. The first-order valence-corrected chi connectivity index (χ1v) is 7.22. The van der Waals surface area contributed by atoms with Crippen LogP contribution >= 0.6 is 0 Å². The lowest BCUT2D eigenvalue weighted by Crippen LogP contribution is -2.35. The van der Waals surface area contributed by atoms with Crippen molar-refractivity contribution in [2.45, 2.75) is 38.5 Å². The van der Waals surface area contributed by atoms with Gasteiger partial charge in [0.05, 0.1) is 12.5 Å². The Kier molecular flexibility index (Phi) is 3.56. The Morgan fingerprint density at radius 1 is 1.35 bits per heavy atom. The normalized spacial score (nSPS) is 18.3. The van der Waals surface area contributed by atoms with E-state index in [0.717, 1.165) is 25.0 Å². The second kappa shape index (κ2) is 5.36. The first-order chi connectivity index (χ1) is 9.72. The summed E-state index contributed by atoms with van der Waals surface area (Å²) in [6.07, 6.45) is 10.4. The zero-order chi connectivity index (χ0) is 14.0. The summed E-state index contributed by atoms with van der Waals surface area (Å²) in [5.41, 5.74) is 7.02. The molecule has 0 unspecified atom stereocenters. The fraction of sp³-hybridized carbons (Fsp3) is 0.643. The molecule has 1 aliphatic carbocycles. The molecule has 6 heteroatoms. The van der Waals surface area contributed by atoms with Gasteiger partial charge in [0.15, 0.2) is 0 Å². The second-order valence-corrected chi connectivity index (χ2v) is 5.84. The third-order valence-corrected chi connectivity index (χ3v) is 4.39. The Morgan fingerprint density at radius 3 is 2.80 bits per heavy atom. The van der Waals surface area contributed by atoms with Crippen molar-refractivity contribution in [3.63, 3.8) is 0 Å². The largest absolute Gasteiger partial charge is 0.339 e. The van der Waals surface area contributed by atoms with Crippen LogP contribution in [0.5, 0.6) is 0 Å². The van der Waals surface area contributed by atoms with E-state index in [0.29, 0.717) is 18.3 Å². The highest BCUT2D eigenvalue weighted by atomic mass is 16.5. The predicted octanol–water partition coefficient (Wildman–Crippen LogP) is 1.92. The minimum atomic E-state index is 0.147. The highest BCUT2D eigenvalue weighted by Gasteiger charge is 2.33. The highest BCUT2D eigenvalue weighted by Crippen LogP contribution is 2.38. The molecule has 3 rings (SSSR count). The van der Waals surface area contributed by atoms with E-state index in [1.165, 1.54) is 19.3 Å². The summed E-state index contributed by atoms with van der Waals surface area (Å²) in [5.74, 6) is 1.29. The third kappa shape index (κ3) is 2.47. The molecule has 0 aromatic carbocycles. The van der Waals surface area contributed by atoms with Crippen LogP contribution in [0, 0.1) is 5.41 Å². The fourth-order valence-corrected chi connectivity index (χ4v) is 3.08. The Balaban J connectivity index is 1.78. The van der Waals surface area contributed by atoms with E-state index in [-0.39, 0.29) is 5.41 Å². The molecule has 0 bridgehead atoms. The Hall–Kier alpha value is -1.69. The standard InChI is InChI=1S/C14H21N5O/c1-19-10-16-8-11(19)13-17-12(20-18-13)7-14(9-15)5-3-2-4-6-14/h8,10H,2-7,9,15H2,1H3. The SMILES string of the molecule is Cn1cncc1-c1noc(CC2(CN)CCCCC2)n1. The molecule has 0 radical (unpaired) electrons. The van der Waals surface area contributed by atoms with E-state index in [4.69, 9.17) is 10.3 Å². The third-order valence-electron chi connectivity index (χ3n) is 4.39. The summed E-state index contributed by atoms with van der Waals surface area (Å²) in [6.45, 7) is 0.691. The minimum Gasteiger partial charge on any atom is -0.339 e. The van der Waals surface area contributed by atoms with Gasteiger partial charge < -0.3 is 14.8 Å². The van der Waals surface area contributed by atoms with Crippen molar-refractivity contribution in [2.24, 2.45) is 18.2 Å². The van der Waals surface area contributed by atoms with Crippen molar-refractivity contribution in [3.05, 3.63) is 18.4 Å². The summed E-state index contributed by atoms with van der Waals surface area (Å²) >= 11 is 0. The maximum Gasteiger partial charge on any atom is 0.227 e. The van der Waals surface area contributed by atoms with E-state index in [1.807, 2.05) is 11.6 Å². The molecular formula is C14H21N5O. The van der Waals surface area contributed by atoms with Crippen LogP contribution in [0.1, 0.15) is 38.0 Å². The summed E-state index contributed by atoms with van der Waals surface area (Å²) < 4.78 is 7.30. The average molecular weight is 275 g/mol. The van der Waals surface area contributed by atoms with Gasteiger partial charge in [-0.05, 0) is 24.8 Å². The van der Waals surface area contributed by atoms with Gasteiger partial charge in [-0.3, -0.25) is 0 Å². The summed E-state index contributed by atoms with van der Waals surface area (Å²) in [7, 11) is 1.92. The molecule has 1 fully saturated rings. The van der Waals surface area contributed by atoms with Crippen LogP contribution in [0.15, 0.2) is 17.0 Å². The van der Waals surface area contributed by atoms with E-state index in [9.17, 15) is 0 Å². The molecular weight excluding hydrogens is 254 g/mol. The van der Waals surface area contributed by atoms with Gasteiger partial charge in [0.25, 0.3) is 0 Å². The maximum absolute atomic E-state index is 6.01. The smallest absolute Gasteiger partial charge is 0.227 e. The first-order valence-electron chi connectivity index (χ1n) is 7.22. The number of hydrogen-bond donors (Lipinski definition) is 1. The molecule has 0 aliphatic heterocycles. The molecule has 6 nitrogen and oxygen atoms in total. The number of rotatable bonds is 4. The number of aromatic nitrogens is 4. The van der Waals surface area contributed by atoms with Crippen LogP contribution in [0.3, 0.4) is 0 Å². The van der Waals surface area contributed by atoms with Gasteiger partial charge in [-0.2, -0.15) is 4.98 Å². The van der Waals surface area contributed by atoms with Crippen molar-refractivity contribution < 1.29 is 4.52 Å². The molecule has 20 heavy (non-hydrogen) atoms. The van der Waals surface area contributed by atoms with Crippen LogP contribution < -0.4 is 5.73 Å². The monoisotopic (exact) mass is 275 g/mol. The van der Waals surface area contributed by atoms with Crippen LogP contribution in [0.25, 0.3) is 11.5 Å².